The van der Waals surface area contributed by atoms with Crippen molar-refractivity contribution in [2.24, 2.45) is 0 Å². The van der Waals surface area contributed by atoms with E-state index in [0.29, 0.717) is 5.15 Å². The van der Waals surface area contributed by atoms with Crippen molar-refractivity contribution >= 4 is 22.5 Å². The van der Waals surface area contributed by atoms with Crippen molar-refractivity contribution in [1.29, 1.82) is 0 Å². The SMILES string of the molecule is Cc1cc2ncnc(Cl)c2cc1C. The van der Waals surface area contributed by atoms with Crippen molar-refractivity contribution in [1.82, 2.24) is 9.97 Å². The molecule has 0 aliphatic rings. The fourth-order valence-corrected chi connectivity index (χ4v) is 1.48. The molecule has 0 N–H and O–H groups in total. The van der Waals surface area contributed by atoms with Crippen LogP contribution in [0.2, 0.25) is 5.15 Å². The van der Waals surface area contributed by atoms with Crippen LogP contribution in [-0.4, -0.2) is 9.97 Å². The molecule has 0 radical (unpaired) electrons. The van der Waals surface area contributed by atoms with Gasteiger partial charge < -0.3 is 0 Å². The normalized spacial score (nSPS) is 10.7. The lowest BCUT2D eigenvalue weighted by atomic mass is 10.1. The number of hydrogen-bond acceptors (Lipinski definition) is 2. The second kappa shape index (κ2) is 2.96. The number of hydrogen-bond donors (Lipinski definition) is 0. The maximum atomic E-state index is 5.93. The second-order valence-corrected chi connectivity index (χ2v) is 3.48. The maximum absolute atomic E-state index is 5.93. The molecule has 2 rings (SSSR count). The predicted octanol–water partition coefficient (Wildman–Crippen LogP) is 2.90. The third-order valence-corrected chi connectivity index (χ3v) is 2.50. The number of halogens is 1. The summed E-state index contributed by atoms with van der Waals surface area (Å²) in [7, 11) is 0. The maximum Gasteiger partial charge on any atom is 0.140 e. The van der Waals surface area contributed by atoms with Gasteiger partial charge in [0.1, 0.15) is 11.5 Å². The molecule has 0 aliphatic heterocycles. The third-order valence-electron chi connectivity index (χ3n) is 2.20. The molecule has 0 amide bonds. The molecular formula is C10H9ClN2. The highest BCUT2D eigenvalue weighted by molar-refractivity contribution is 6.34. The molecule has 0 saturated heterocycles. The summed E-state index contributed by atoms with van der Waals surface area (Å²) in [6, 6.07) is 4.05. The molecule has 66 valence electrons. The van der Waals surface area contributed by atoms with Crippen LogP contribution in [0.25, 0.3) is 10.9 Å². The van der Waals surface area contributed by atoms with E-state index < -0.39 is 0 Å². The lowest BCUT2D eigenvalue weighted by Crippen LogP contribution is -1.87. The van der Waals surface area contributed by atoms with Gasteiger partial charge in [0.05, 0.1) is 5.52 Å². The Labute approximate surface area is 81.6 Å². The van der Waals surface area contributed by atoms with E-state index in [2.05, 4.69) is 23.8 Å². The van der Waals surface area contributed by atoms with Crippen LogP contribution in [0.1, 0.15) is 11.1 Å². The number of benzene rings is 1. The van der Waals surface area contributed by atoms with Crippen LogP contribution >= 0.6 is 11.6 Å². The van der Waals surface area contributed by atoms with Gasteiger partial charge in [-0.25, -0.2) is 9.97 Å². The summed E-state index contributed by atoms with van der Waals surface area (Å²) >= 11 is 5.93. The van der Waals surface area contributed by atoms with Crippen molar-refractivity contribution in [3.05, 3.63) is 34.7 Å². The minimum atomic E-state index is 0.521. The highest BCUT2D eigenvalue weighted by atomic mass is 35.5. The smallest absolute Gasteiger partial charge is 0.140 e. The monoisotopic (exact) mass is 192 g/mol. The van der Waals surface area contributed by atoms with E-state index in [1.165, 1.54) is 17.5 Å². The second-order valence-electron chi connectivity index (χ2n) is 3.12. The van der Waals surface area contributed by atoms with Crippen molar-refractivity contribution in [2.75, 3.05) is 0 Å². The molecule has 0 saturated carbocycles. The van der Waals surface area contributed by atoms with Gasteiger partial charge in [-0.1, -0.05) is 11.6 Å². The van der Waals surface area contributed by atoms with Crippen molar-refractivity contribution < 1.29 is 0 Å². The van der Waals surface area contributed by atoms with E-state index >= 15 is 0 Å². The molecule has 2 aromatic rings. The molecule has 1 heterocycles. The van der Waals surface area contributed by atoms with Crippen molar-refractivity contribution in [3.8, 4) is 0 Å². The Morgan fingerprint density at radius 1 is 1.08 bits per heavy atom. The Bertz CT molecular complexity index is 466. The first-order valence-electron chi connectivity index (χ1n) is 4.06. The summed E-state index contributed by atoms with van der Waals surface area (Å²) in [5.74, 6) is 0. The summed E-state index contributed by atoms with van der Waals surface area (Å²) < 4.78 is 0. The van der Waals surface area contributed by atoms with Gasteiger partial charge in [-0.05, 0) is 37.1 Å². The number of rotatable bonds is 0. The topological polar surface area (TPSA) is 25.8 Å². The van der Waals surface area contributed by atoms with E-state index in [0.717, 1.165) is 10.9 Å². The zero-order chi connectivity index (χ0) is 9.42. The standard InChI is InChI=1S/C10H9ClN2/c1-6-3-8-9(4-7(6)2)12-5-13-10(8)11/h3-5H,1-2H3. The molecule has 3 heteroatoms. The lowest BCUT2D eigenvalue weighted by molar-refractivity contribution is 1.21. The summed E-state index contributed by atoms with van der Waals surface area (Å²) in [4.78, 5) is 8.08. The van der Waals surface area contributed by atoms with E-state index in [4.69, 9.17) is 11.6 Å². The van der Waals surface area contributed by atoms with Gasteiger partial charge in [0.15, 0.2) is 0 Å². The minimum Gasteiger partial charge on any atom is -0.236 e. The Hall–Kier alpha value is -1.15. The number of aromatic nitrogens is 2. The van der Waals surface area contributed by atoms with Gasteiger partial charge in [-0.3, -0.25) is 0 Å². The molecule has 1 aromatic carbocycles. The molecule has 0 bridgehead atoms. The Balaban J connectivity index is 2.89. The van der Waals surface area contributed by atoms with Crippen LogP contribution in [0.3, 0.4) is 0 Å². The largest absolute Gasteiger partial charge is 0.236 e. The quantitative estimate of drug-likeness (QED) is 0.600. The van der Waals surface area contributed by atoms with Crippen LogP contribution in [0.15, 0.2) is 18.5 Å². The highest BCUT2D eigenvalue weighted by Crippen LogP contribution is 2.22. The molecule has 0 atom stereocenters. The minimum absolute atomic E-state index is 0.521. The van der Waals surface area contributed by atoms with Gasteiger partial charge in [0.2, 0.25) is 0 Å². The molecule has 1 aromatic heterocycles. The fraction of sp³-hybridized carbons (Fsp3) is 0.200. The third kappa shape index (κ3) is 1.38. The molecular weight excluding hydrogens is 184 g/mol. The zero-order valence-corrected chi connectivity index (χ0v) is 8.26. The van der Waals surface area contributed by atoms with E-state index in [-0.39, 0.29) is 0 Å². The van der Waals surface area contributed by atoms with Crippen molar-refractivity contribution in [3.63, 3.8) is 0 Å². The number of aryl methyl sites for hydroxylation is 2. The van der Waals surface area contributed by atoms with E-state index in [1.54, 1.807) is 0 Å². The van der Waals surface area contributed by atoms with E-state index in [1.807, 2.05) is 12.1 Å². The van der Waals surface area contributed by atoms with Gasteiger partial charge in [0, 0.05) is 5.39 Å². The lowest BCUT2D eigenvalue weighted by Gasteiger charge is -2.03. The first kappa shape index (κ1) is 8.45. The Morgan fingerprint density at radius 2 is 1.77 bits per heavy atom. The molecule has 0 aliphatic carbocycles. The molecule has 0 unspecified atom stereocenters. The van der Waals surface area contributed by atoms with Crippen LogP contribution in [-0.2, 0) is 0 Å². The fourth-order valence-electron chi connectivity index (χ4n) is 1.28. The summed E-state index contributed by atoms with van der Waals surface area (Å²) in [6.07, 6.45) is 1.49. The van der Waals surface area contributed by atoms with Crippen LogP contribution in [0.4, 0.5) is 0 Å². The number of nitrogens with zero attached hydrogens (tertiary/aromatic N) is 2. The van der Waals surface area contributed by atoms with Gasteiger partial charge in [-0.2, -0.15) is 0 Å². The number of fused-ring (bicyclic) bond motifs is 1. The Kier molecular flexibility index (Phi) is 1.93. The highest BCUT2D eigenvalue weighted by Gasteiger charge is 2.02. The van der Waals surface area contributed by atoms with Gasteiger partial charge in [-0.15, -0.1) is 0 Å². The predicted molar refractivity (Wildman–Crippen MR) is 54.0 cm³/mol. The molecule has 2 nitrogen and oxygen atoms in total. The molecule has 0 spiro atoms. The Morgan fingerprint density at radius 3 is 2.54 bits per heavy atom. The summed E-state index contributed by atoms with van der Waals surface area (Å²) in [6.45, 7) is 4.11. The first-order chi connectivity index (χ1) is 6.18. The van der Waals surface area contributed by atoms with Crippen LogP contribution in [0.5, 0.6) is 0 Å². The van der Waals surface area contributed by atoms with Crippen LogP contribution in [0, 0.1) is 13.8 Å². The van der Waals surface area contributed by atoms with Crippen molar-refractivity contribution in [2.45, 2.75) is 13.8 Å². The van der Waals surface area contributed by atoms with E-state index in [9.17, 15) is 0 Å². The molecule has 0 fully saturated rings. The summed E-state index contributed by atoms with van der Waals surface area (Å²) in [5.41, 5.74) is 3.34. The van der Waals surface area contributed by atoms with Crippen LogP contribution < -0.4 is 0 Å². The van der Waals surface area contributed by atoms with Gasteiger partial charge >= 0.3 is 0 Å². The average Bonchev–Trinajstić information content (AvgIpc) is 2.09. The summed E-state index contributed by atoms with van der Waals surface area (Å²) in [5, 5.41) is 1.44. The molecule has 13 heavy (non-hydrogen) atoms. The van der Waals surface area contributed by atoms with Gasteiger partial charge in [0.25, 0.3) is 0 Å². The zero-order valence-electron chi connectivity index (χ0n) is 7.50. The first-order valence-corrected chi connectivity index (χ1v) is 4.44. The average molecular weight is 193 g/mol.